The number of carbonyl (C=O) groups excluding carboxylic acids is 1. The predicted octanol–water partition coefficient (Wildman–Crippen LogP) is 4.31. The van der Waals surface area contributed by atoms with Gasteiger partial charge in [0.2, 0.25) is 0 Å². The minimum absolute atomic E-state index is 0.310. The van der Waals surface area contributed by atoms with E-state index in [1.54, 1.807) is 56.9 Å². The molecule has 0 radical (unpaired) electrons. The van der Waals surface area contributed by atoms with Gasteiger partial charge in [-0.25, -0.2) is 15.4 Å². The molecule has 0 fully saturated rings. The number of nitrogens with one attached hydrogen (secondary N) is 1. The average molecular weight is 487 g/mol. The van der Waals surface area contributed by atoms with Crippen molar-refractivity contribution in [2.75, 3.05) is 14.2 Å². The number of rotatable bonds is 8. The zero-order valence-corrected chi connectivity index (χ0v) is 18.7. The molecule has 0 unspecified atom stereocenters. The number of hydrogen-bond donors (Lipinski definition) is 1. The zero-order valence-electron chi connectivity index (χ0n) is 16.3. The summed E-state index contributed by atoms with van der Waals surface area (Å²) in [4.78, 5) is 20.7. The Balaban J connectivity index is 1.61. The van der Waals surface area contributed by atoms with Crippen molar-refractivity contribution in [1.82, 2.24) is 15.4 Å². The monoisotopic (exact) mass is 486 g/mol. The van der Waals surface area contributed by atoms with E-state index in [4.69, 9.17) is 9.47 Å². The predicted molar refractivity (Wildman–Crippen MR) is 120 cm³/mol. The van der Waals surface area contributed by atoms with Gasteiger partial charge in [-0.05, 0) is 51.8 Å². The summed E-state index contributed by atoms with van der Waals surface area (Å²) < 4.78 is 11.3. The fourth-order valence-electron chi connectivity index (χ4n) is 2.49. The Kier molecular flexibility index (Phi) is 7.81. The first-order valence-corrected chi connectivity index (χ1v) is 10.6. The SMILES string of the molecule is COc1ccc(OC)c(/C=N/NC(=O)c2ccc(CSc3ncccn3)cc2)c1Br. The lowest BCUT2D eigenvalue weighted by atomic mass is 10.1. The van der Waals surface area contributed by atoms with Gasteiger partial charge in [0, 0.05) is 23.7 Å². The number of hydrogen-bond acceptors (Lipinski definition) is 7. The first kappa shape index (κ1) is 21.8. The molecule has 0 atom stereocenters. The number of aromatic nitrogens is 2. The van der Waals surface area contributed by atoms with Crippen molar-refractivity contribution >= 4 is 39.8 Å². The Morgan fingerprint density at radius 1 is 1.10 bits per heavy atom. The summed E-state index contributed by atoms with van der Waals surface area (Å²) in [7, 11) is 3.14. The zero-order chi connectivity index (χ0) is 21.3. The molecule has 154 valence electrons. The van der Waals surface area contributed by atoms with E-state index in [2.05, 4.69) is 36.4 Å². The minimum atomic E-state index is -0.310. The molecule has 9 heteroatoms. The van der Waals surface area contributed by atoms with Crippen LogP contribution in [0.5, 0.6) is 11.5 Å². The van der Waals surface area contributed by atoms with E-state index in [-0.39, 0.29) is 5.91 Å². The Morgan fingerprint density at radius 3 is 2.43 bits per heavy atom. The van der Waals surface area contributed by atoms with Gasteiger partial charge in [0.15, 0.2) is 5.16 Å². The molecule has 0 spiro atoms. The summed E-state index contributed by atoms with van der Waals surface area (Å²) in [6, 6.07) is 12.6. The van der Waals surface area contributed by atoms with Crippen LogP contribution in [0, 0.1) is 0 Å². The molecule has 0 bridgehead atoms. The third kappa shape index (κ3) is 5.58. The van der Waals surface area contributed by atoms with Crippen molar-refractivity contribution in [3.63, 3.8) is 0 Å². The number of hydrazone groups is 1. The maximum absolute atomic E-state index is 12.4. The molecule has 2 aromatic carbocycles. The van der Waals surface area contributed by atoms with Crippen LogP contribution in [0.15, 0.2) is 69.6 Å². The number of ether oxygens (including phenoxy) is 2. The van der Waals surface area contributed by atoms with Gasteiger partial charge in [-0.1, -0.05) is 23.9 Å². The summed E-state index contributed by atoms with van der Waals surface area (Å²) in [5.74, 6) is 1.64. The highest BCUT2D eigenvalue weighted by Gasteiger charge is 2.11. The van der Waals surface area contributed by atoms with Crippen LogP contribution in [-0.4, -0.2) is 36.3 Å². The minimum Gasteiger partial charge on any atom is -0.496 e. The number of halogens is 1. The van der Waals surface area contributed by atoms with Crippen molar-refractivity contribution in [2.45, 2.75) is 10.9 Å². The molecule has 30 heavy (non-hydrogen) atoms. The van der Waals surface area contributed by atoms with Gasteiger partial charge in [0.05, 0.1) is 30.5 Å². The molecule has 1 amide bonds. The quantitative estimate of drug-likeness (QED) is 0.221. The lowest BCUT2D eigenvalue weighted by Crippen LogP contribution is -2.17. The smallest absolute Gasteiger partial charge is 0.271 e. The second-order valence-electron chi connectivity index (χ2n) is 5.91. The molecule has 0 saturated carbocycles. The van der Waals surface area contributed by atoms with Gasteiger partial charge >= 0.3 is 0 Å². The molecule has 0 aliphatic carbocycles. The highest BCUT2D eigenvalue weighted by molar-refractivity contribution is 9.10. The first-order valence-electron chi connectivity index (χ1n) is 8.85. The van der Waals surface area contributed by atoms with Crippen molar-refractivity contribution in [1.29, 1.82) is 0 Å². The number of carbonyl (C=O) groups is 1. The van der Waals surface area contributed by atoms with Gasteiger partial charge in [0.25, 0.3) is 5.91 Å². The van der Waals surface area contributed by atoms with Crippen molar-refractivity contribution in [3.05, 3.63) is 76.0 Å². The van der Waals surface area contributed by atoms with Crippen LogP contribution < -0.4 is 14.9 Å². The summed E-state index contributed by atoms with van der Waals surface area (Å²) in [6.45, 7) is 0. The summed E-state index contributed by atoms with van der Waals surface area (Å²) in [5.41, 5.74) is 4.76. The molecule has 0 aliphatic heterocycles. The van der Waals surface area contributed by atoms with Crippen LogP contribution >= 0.6 is 27.7 Å². The molecule has 0 aliphatic rings. The third-order valence-corrected chi connectivity index (χ3v) is 5.79. The summed E-state index contributed by atoms with van der Waals surface area (Å²) in [6.07, 6.45) is 4.93. The Bertz CT molecular complexity index is 1030. The van der Waals surface area contributed by atoms with Crippen LogP contribution in [0.1, 0.15) is 21.5 Å². The van der Waals surface area contributed by atoms with Gasteiger partial charge in [-0.3, -0.25) is 4.79 Å². The van der Waals surface area contributed by atoms with E-state index in [0.717, 1.165) is 5.56 Å². The highest BCUT2D eigenvalue weighted by Crippen LogP contribution is 2.33. The van der Waals surface area contributed by atoms with E-state index in [1.807, 2.05) is 12.1 Å². The fraction of sp³-hybridized carbons (Fsp3) is 0.143. The summed E-state index contributed by atoms with van der Waals surface area (Å²) in [5, 5.41) is 4.77. The number of nitrogens with zero attached hydrogens (tertiary/aromatic N) is 3. The fourth-order valence-corrected chi connectivity index (χ4v) is 3.84. The third-order valence-electron chi connectivity index (χ3n) is 4.03. The van der Waals surface area contributed by atoms with Gasteiger partial charge in [-0.2, -0.15) is 5.10 Å². The topological polar surface area (TPSA) is 85.7 Å². The van der Waals surface area contributed by atoms with Crippen molar-refractivity contribution in [3.8, 4) is 11.5 Å². The highest BCUT2D eigenvalue weighted by atomic mass is 79.9. The number of methoxy groups -OCH3 is 2. The second kappa shape index (κ2) is 10.7. The van der Waals surface area contributed by atoms with Gasteiger partial charge in [0.1, 0.15) is 11.5 Å². The van der Waals surface area contributed by atoms with E-state index < -0.39 is 0 Å². The molecule has 7 nitrogen and oxygen atoms in total. The number of amides is 1. The molecule has 1 aromatic heterocycles. The van der Waals surface area contributed by atoms with Crippen LogP contribution in [0.3, 0.4) is 0 Å². The van der Waals surface area contributed by atoms with Crippen molar-refractivity contribution in [2.24, 2.45) is 5.10 Å². The molecule has 3 rings (SSSR count). The van der Waals surface area contributed by atoms with Crippen LogP contribution in [0.4, 0.5) is 0 Å². The molecular formula is C21H19BrN4O3S. The summed E-state index contributed by atoms with van der Waals surface area (Å²) >= 11 is 5.00. The second-order valence-corrected chi connectivity index (χ2v) is 7.65. The maximum Gasteiger partial charge on any atom is 0.271 e. The van der Waals surface area contributed by atoms with E-state index in [1.165, 1.54) is 18.0 Å². The van der Waals surface area contributed by atoms with Crippen LogP contribution in [0.2, 0.25) is 0 Å². The molecule has 3 aromatic rings. The number of thioether (sulfide) groups is 1. The molecule has 0 saturated heterocycles. The Labute approximate surface area is 187 Å². The lowest BCUT2D eigenvalue weighted by Gasteiger charge is -2.10. The van der Waals surface area contributed by atoms with E-state index in [9.17, 15) is 4.79 Å². The van der Waals surface area contributed by atoms with Crippen LogP contribution in [0.25, 0.3) is 0 Å². The number of benzene rings is 2. The lowest BCUT2D eigenvalue weighted by molar-refractivity contribution is 0.0955. The van der Waals surface area contributed by atoms with Gasteiger partial charge in [-0.15, -0.1) is 0 Å². The normalized spacial score (nSPS) is 10.8. The van der Waals surface area contributed by atoms with E-state index >= 15 is 0 Å². The average Bonchev–Trinajstić information content (AvgIpc) is 2.79. The van der Waals surface area contributed by atoms with Gasteiger partial charge < -0.3 is 9.47 Å². The first-order chi connectivity index (χ1) is 14.6. The Morgan fingerprint density at radius 2 is 1.77 bits per heavy atom. The molecule has 1 heterocycles. The van der Waals surface area contributed by atoms with Crippen LogP contribution in [-0.2, 0) is 5.75 Å². The standard InChI is InChI=1S/C21H19BrN4O3S/c1-28-17-8-9-18(29-2)19(22)16(17)12-25-26-20(27)15-6-4-14(5-7-15)13-30-21-23-10-3-11-24-21/h3-12H,13H2,1-2H3,(H,26,27)/b25-12+. The largest absolute Gasteiger partial charge is 0.496 e. The van der Waals surface area contributed by atoms with Crippen molar-refractivity contribution < 1.29 is 14.3 Å². The molecular weight excluding hydrogens is 468 g/mol. The van der Waals surface area contributed by atoms with E-state index in [0.29, 0.717) is 38.0 Å². The Hall–Kier alpha value is -2.91. The maximum atomic E-state index is 12.4. The molecule has 1 N–H and O–H groups in total.